The molecule has 21 heavy (non-hydrogen) atoms. The van der Waals surface area contributed by atoms with Crippen molar-refractivity contribution in [3.05, 3.63) is 41.2 Å². The molecule has 0 aliphatic heterocycles. The molecule has 1 aromatic heterocycles. The number of nitrogens with one attached hydrogen (secondary N) is 2. The standard InChI is InChI=1S/C16H22N4O/c1-5-14-19-15(17-3)11(2)16(20-14)18-13-8-6-7-12(9-13)10-21-4/h6-9H,5,10H2,1-4H3,(H2,17,18,19,20). The fourth-order valence-electron chi connectivity index (χ4n) is 2.13. The first kappa shape index (κ1) is 15.3. The van der Waals surface area contributed by atoms with Crippen LogP contribution in [0.25, 0.3) is 0 Å². The highest BCUT2D eigenvalue weighted by atomic mass is 16.5. The van der Waals surface area contributed by atoms with Crippen molar-refractivity contribution < 1.29 is 4.74 Å². The lowest BCUT2D eigenvalue weighted by Gasteiger charge is -2.14. The first-order valence-corrected chi connectivity index (χ1v) is 7.08. The Kier molecular flexibility index (Phi) is 5.11. The highest BCUT2D eigenvalue weighted by molar-refractivity contribution is 5.65. The zero-order valence-electron chi connectivity index (χ0n) is 13.0. The molecule has 0 spiro atoms. The monoisotopic (exact) mass is 286 g/mol. The zero-order chi connectivity index (χ0) is 15.2. The highest BCUT2D eigenvalue weighted by Gasteiger charge is 2.09. The molecule has 5 nitrogen and oxygen atoms in total. The predicted molar refractivity (Wildman–Crippen MR) is 86.1 cm³/mol. The number of nitrogens with zero attached hydrogens (tertiary/aromatic N) is 2. The van der Waals surface area contributed by atoms with Crippen LogP contribution < -0.4 is 10.6 Å². The Labute approximate surface area is 125 Å². The van der Waals surface area contributed by atoms with Gasteiger partial charge in [-0.05, 0) is 24.6 Å². The largest absolute Gasteiger partial charge is 0.380 e. The van der Waals surface area contributed by atoms with Crippen LogP contribution in [0.4, 0.5) is 17.3 Å². The fourth-order valence-corrected chi connectivity index (χ4v) is 2.13. The maximum Gasteiger partial charge on any atom is 0.139 e. The molecule has 112 valence electrons. The van der Waals surface area contributed by atoms with Crippen LogP contribution in [0.2, 0.25) is 0 Å². The molecule has 0 unspecified atom stereocenters. The van der Waals surface area contributed by atoms with Gasteiger partial charge in [-0.25, -0.2) is 9.97 Å². The highest BCUT2D eigenvalue weighted by Crippen LogP contribution is 2.24. The summed E-state index contributed by atoms with van der Waals surface area (Å²) in [6.07, 6.45) is 0.799. The molecule has 0 bridgehead atoms. The summed E-state index contributed by atoms with van der Waals surface area (Å²) in [5.41, 5.74) is 3.13. The summed E-state index contributed by atoms with van der Waals surface area (Å²) in [5, 5.41) is 6.49. The summed E-state index contributed by atoms with van der Waals surface area (Å²) >= 11 is 0. The van der Waals surface area contributed by atoms with Crippen molar-refractivity contribution in [2.75, 3.05) is 24.8 Å². The smallest absolute Gasteiger partial charge is 0.139 e. The molecule has 0 aliphatic carbocycles. The molecule has 0 fully saturated rings. The summed E-state index contributed by atoms with van der Waals surface area (Å²) in [6, 6.07) is 8.13. The molecular weight excluding hydrogens is 264 g/mol. The first-order chi connectivity index (χ1) is 10.2. The SMILES string of the molecule is CCc1nc(NC)c(C)c(Nc2cccc(COC)c2)n1. The number of hydrogen-bond acceptors (Lipinski definition) is 5. The molecule has 0 atom stereocenters. The summed E-state index contributed by atoms with van der Waals surface area (Å²) in [4.78, 5) is 9.05. The van der Waals surface area contributed by atoms with Gasteiger partial charge in [0.15, 0.2) is 0 Å². The molecule has 2 N–H and O–H groups in total. The summed E-state index contributed by atoms with van der Waals surface area (Å²) in [5.74, 6) is 2.51. The lowest BCUT2D eigenvalue weighted by Crippen LogP contribution is -2.07. The molecule has 0 saturated carbocycles. The Morgan fingerprint density at radius 3 is 2.62 bits per heavy atom. The topological polar surface area (TPSA) is 59.1 Å². The van der Waals surface area contributed by atoms with Crippen LogP contribution >= 0.6 is 0 Å². The van der Waals surface area contributed by atoms with E-state index in [2.05, 4.69) is 26.7 Å². The van der Waals surface area contributed by atoms with E-state index in [-0.39, 0.29) is 0 Å². The maximum atomic E-state index is 5.17. The number of hydrogen-bond donors (Lipinski definition) is 2. The zero-order valence-corrected chi connectivity index (χ0v) is 13.0. The quantitative estimate of drug-likeness (QED) is 0.853. The van der Waals surface area contributed by atoms with Crippen molar-refractivity contribution in [3.63, 3.8) is 0 Å². The lowest BCUT2D eigenvalue weighted by atomic mass is 10.2. The van der Waals surface area contributed by atoms with Crippen molar-refractivity contribution in [2.45, 2.75) is 26.9 Å². The van der Waals surface area contributed by atoms with E-state index in [1.165, 1.54) is 0 Å². The second-order valence-electron chi connectivity index (χ2n) is 4.82. The van der Waals surface area contributed by atoms with Gasteiger partial charge in [0.1, 0.15) is 17.5 Å². The van der Waals surface area contributed by atoms with Crippen LogP contribution in [0.3, 0.4) is 0 Å². The van der Waals surface area contributed by atoms with Crippen LogP contribution in [0, 0.1) is 6.92 Å². The molecule has 0 radical (unpaired) electrons. The second-order valence-corrected chi connectivity index (χ2v) is 4.82. The van der Waals surface area contributed by atoms with Crippen LogP contribution in [0.15, 0.2) is 24.3 Å². The van der Waals surface area contributed by atoms with Crippen molar-refractivity contribution >= 4 is 17.3 Å². The Morgan fingerprint density at radius 1 is 1.19 bits per heavy atom. The van der Waals surface area contributed by atoms with E-state index < -0.39 is 0 Å². The minimum atomic E-state index is 0.597. The van der Waals surface area contributed by atoms with Gasteiger partial charge in [-0.3, -0.25) is 0 Å². The van der Waals surface area contributed by atoms with E-state index in [4.69, 9.17) is 4.74 Å². The normalized spacial score (nSPS) is 10.5. The van der Waals surface area contributed by atoms with Gasteiger partial charge in [-0.1, -0.05) is 19.1 Å². The molecule has 2 aromatic rings. The van der Waals surface area contributed by atoms with E-state index in [9.17, 15) is 0 Å². The maximum absolute atomic E-state index is 5.17. The second kappa shape index (κ2) is 7.04. The molecule has 1 aromatic carbocycles. The van der Waals surface area contributed by atoms with Gasteiger partial charge in [0, 0.05) is 31.8 Å². The van der Waals surface area contributed by atoms with Gasteiger partial charge in [0.2, 0.25) is 0 Å². The van der Waals surface area contributed by atoms with Gasteiger partial charge in [0.05, 0.1) is 6.61 Å². The van der Waals surface area contributed by atoms with E-state index in [1.807, 2.05) is 39.1 Å². The van der Waals surface area contributed by atoms with Crippen LogP contribution in [-0.2, 0) is 17.8 Å². The molecule has 0 saturated heterocycles. The van der Waals surface area contributed by atoms with Crippen LogP contribution in [0.1, 0.15) is 23.9 Å². The number of rotatable bonds is 6. The van der Waals surface area contributed by atoms with Crippen molar-refractivity contribution in [1.29, 1.82) is 0 Å². The van der Waals surface area contributed by atoms with E-state index in [0.29, 0.717) is 6.61 Å². The number of anilines is 3. The average Bonchev–Trinajstić information content (AvgIpc) is 2.50. The molecule has 5 heteroatoms. The fraction of sp³-hybridized carbons (Fsp3) is 0.375. The Bertz CT molecular complexity index is 613. The molecular formula is C16H22N4O. The molecule has 0 aliphatic rings. The third kappa shape index (κ3) is 3.70. The third-order valence-corrected chi connectivity index (χ3v) is 3.25. The van der Waals surface area contributed by atoms with Gasteiger partial charge in [-0.2, -0.15) is 0 Å². The number of methoxy groups -OCH3 is 1. The van der Waals surface area contributed by atoms with Gasteiger partial charge in [0.25, 0.3) is 0 Å². The number of aryl methyl sites for hydroxylation is 1. The van der Waals surface area contributed by atoms with Gasteiger partial charge < -0.3 is 15.4 Å². The Hall–Kier alpha value is -2.14. The van der Waals surface area contributed by atoms with Crippen molar-refractivity contribution in [3.8, 4) is 0 Å². The summed E-state index contributed by atoms with van der Waals surface area (Å²) in [6.45, 7) is 4.65. The first-order valence-electron chi connectivity index (χ1n) is 7.08. The number of aromatic nitrogens is 2. The molecule has 2 rings (SSSR count). The minimum absolute atomic E-state index is 0.597. The van der Waals surface area contributed by atoms with E-state index in [1.54, 1.807) is 7.11 Å². The third-order valence-electron chi connectivity index (χ3n) is 3.25. The van der Waals surface area contributed by atoms with Crippen LogP contribution in [-0.4, -0.2) is 24.1 Å². The predicted octanol–water partition coefficient (Wildman–Crippen LogP) is 3.28. The number of benzene rings is 1. The minimum Gasteiger partial charge on any atom is -0.380 e. The van der Waals surface area contributed by atoms with E-state index in [0.717, 1.165) is 40.7 Å². The average molecular weight is 286 g/mol. The Balaban J connectivity index is 2.32. The number of ether oxygens (including phenoxy) is 1. The Morgan fingerprint density at radius 2 is 1.95 bits per heavy atom. The van der Waals surface area contributed by atoms with Gasteiger partial charge in [-0.15, -0.1) is 0 Å². The van der Waals surface area contributed by atoms with Crippen molar-refractivity contribution in [2.24, 2.45) is 0 Å². The molecule has 1 heterocycles. The van der Waals surface area contributed by atoms with Crippen molar-refractivity contribution in [1.82, 2.24) is 9.97 Å². The van der Waals surface area contributed by atoms with E-state index >= 15 is 0 Å². The lowest BCUT2D eigenvalue weighted by molar-refractivity contribution is 0.185. The van der Waals surface area contributed by atoms with Gasteiger partial charge >= 0.3 is 0 Å². The van der Waals surface area contributed by atoms with Crippen LogP contribution in [0.5, 0.6) is 0 Å². The summed E-state index contributed by atoms with van der Waals surface area (Å²) in [7, 11) is 3.57. The summed E-state index contributed by atoms with van der Waals surface area (Å²) < 4.78 is 5.17. The molecule has 0 amide bonds.